The summed E-state index contributed by atoms with van der Waals surface area (Å²) in [7, 11) is 0. The molecule has 1 nitrogen and oxygen atoms in total. The molecule has 3 unspecified atom stereocenters. The average molecular weight is 287 g/mol. The first-order chi connectivity index (χ1) is 8.40. The molecule has 18 heavy (non-hydrogen) atoms. The third-order valence-corrected chi connectivity index (χ3v) is 4.85. The fraction of sp³-hybridized carbons (Fsp3) is 0.600. The predicted octanol–water partition coefficient (Wildman–Crippen LogP) is 4.72. The maximum atomic E-state index is 10.8. The van der Waals surface area contributed by atoms with Gasteiger partial charge in [0, 0.05) is 16.5 Å². The average Bonchev–Trinajstić information content (AvgIpc) is 2.30. The van der Waals surface area contributed by atoms with Crippen LogP contribution in [0.2, 0.25) is 10.0 Å². The van der Waals surface area contributed by atoms with Crippen molar-refractivity contribution in [3.8, 4) is 0 Å². The van der Waals surface area contributed by atoms with Gasteiger partial charge in [-0.25, -0.2) is 0 Å². The van der Waals surface area contributed by atoms with Crippen molar-refractivity contribution in [1.29, 1.82) is 0 Å². The van der Waals surface area contributed by atoms with E-state index in [9.17, 15) is 5.11 Å². The number of hydrogen-bond donors (Lipinski definition) is 1. The van der Waals surface area contributed by atoms with Gasteiger partial charge in [-0.3, -0.25) is 0 Å². The molecule has 0 spiro atoms. The van der Waals surface area contributed by atoms with Gasteiger partial charge in [-0.1, -0.05) is 37.0 Å². The van der Waals surface area contributed by atoms with Crippen molar-refractivity contribution in [2.75, 3.05) is 0 Å². The van der Waals surface area contributed by atoms with Crippen LogP contribution in [0.25, 0.3) is 0 Å². The molecule has 100 valence electrons. The van der Waals surface area contributed by atoms with Crippen LogP contribution in [0.15, 0.2) is 18.2 Å². The summed E-state index contributed by atoms with van der Waals surface area (Å²) in [6, 6.07) is 5.45. The number of halogens is 2. The lowest BCUT2D eigenvalue weighted by Crippen LogP contribution is -2.43. The van der Waals surface area contributed by atoms with Crippen LogP contribution in [0.1, 0.15) is 38.7 Å². The molecule has 3 heteroatoms. The van der Waals surface area contributed by atoms with Crippen LogP contribution < -0.4 is 0 Å². The van der Waals surface area contributed by atoms with E-state index < -0.39 is 5.60 Å². The zero-order chi connectivity index (χ0) is 13.3. The molecule has 1 saturated carbocycles. The highest BCUT2D eigenvalue weighted by atomic mass is 35.5. The Morgan fingerprint density at radius 3 is 2.72 bits per heavy atom. The number of hydrogen-bond acceptors (Lipinski definition) is 1. The first kappa shape index (κ1) is 14.2. The van der Waals surface area contributed by atoms with Gasteiger partial charge in [-0.05, 0) is 54.9 Å². The van der Waals surface area contributed by atoms with Gasteiger partial charge in [-0.2, -0.15) is 0 Å². The van der Waals surface area contributed by atoms with Crippen molar-refractivity contribution in [1.82, 2.24) is 0 Å². The van der Waals surface area contributed by atoms with Gasteiger partial charge < -0.3 is 5.11 Å². The van der Waals surface area contributed by atoms with Crippen molar-refractivity contribution < 1.29 is 5.11 Å². The quantitative estimate of drug-likeness (QED) is 0.834. The van der Waals surface area contributed by atoms with Crippen molar-refractivity contribution in [3.63, 3.8) is 0 Å². The summed E-state index contributed by atoms with van der Waals surface area (Å²) in [6.07, 6.45) is 3.60. The Labute approximate surface area is 119 Å². The highest BCUT2D eigenvalue weighted by Crippen LogP contribution is 2.40. The lowest BCUT2D eigenvalue weighted by Gasteiger charge is -2.41. The molecular weight excluding hydrogens is 267 g/mol. The molecule has 1 aromatic rings. The first-order valence-corrected chi connectivity index (χ1v) is 7.32. The third-order valence-electron chi connectivity index (χ3n) is 4.25. The second-order valence-electron chi connectivity index (χ2n) is 5.80. The molecule has 1 fully saturated rings. The van der Waals surface area contributed by atoms with E-state index in [1.54, 1.807) is 12.1 Å². The van der Waals surface area contributed by atoms with Gasteiger partial charge in [0.15, 0.2) is 0 Å². The molecule has 1 aliphatic carbocycles. The number of benzene rings is 1. The Morgan fingerprint density at radius 1 is 1.33 bits per heavy atom. The van der Waals surface area contributed by atoms with Crippen molar-refractivity contribution in [2.45, 2.75) is 45.1 Å². The van der Waals surface area contributed by atoms with Gasteiger partial charge in [0.2, 0.25) is 0 Å². The Hall–Kier alpha value is -0.240. The Kier molecular flexibility index (Phi) is 4.25. The van der Waals surface area contributed by atoms with Crippen LogP contribution in [0.5, 0.6) is 0 Å². The standard InChI is InChI=1S/C15H20Cl2O/c1-10-5-6-15(18,11(2)7-10)9-12-8-13(16)3-4-14(12)17/h3-4,8,10-11,18H,5-7,9H2,1-2H3. The largest absolute Gasteiger partial charge is 0.389 e. The van der Waals surface area contributed by atoms with E-state index in [0.717, 1.165) is 24.8 Å². The van der Waals surface area contributed by atoms with Gasteiger partial charge in [-0.15, -0.1) is 0 Å². The van der Waals surface area contributed by atoms with Gasteiger partial charge in [0.25, 0.3) is 0 Å². The van der Waals surface area contributed by atoms with Crippen LogP contribution in [0.3, 0.4) is 0 Å². The smallest absolute Gasteiger partial charge is 0.0714 e. The minimum Gasteiger partial charge on any atom is -0.389 e. The lowest BCUT2D eigenvalue weighted by atomic mass is 9.70. The van der Waals surface area contributed by atoms with Crippen molar-refractivity contribution in [3.05, 3.63) is 33.8 Å². The Bertz CT molecular complexity index is 433. The molecule has 0 bridgehead atoms. The summed E-state index contributed by atoms with van der Waals surface area (Å²) in [6.45, 7) is 4.39. The maximum absolute atomic E-state index is 10.8. The molecule has 1 aliphatic rings. The molecule has 3 atom stereocenters. The van der Waals surface area contributed by atoms with Crippen molar-refractivity contribution in [2.24, 2.45) is 11.8 Å². The summed E-state index contributed by atoms with van der Waals surface area (Å²) in [4.78, 5) is 0. The van der Waals surface area contributed by atoms with Gasteiger partial charge in [0.05, 0.1) is 5.60 Å². The summed E-state index contributed by atoms with van der Waals surface area (Å²) in [5, 5.41) is 12.2. The highest BCUT2D eigenvalue weighted by molar-refractivity contribution is 6.33. The molecule has 0 saturated heterocycles. The van der Waals surface area contributed by atoms with Crippen LogP contribution in [-0.4, -0.2) is 10.7 Å². The molecule has 0 amide bonds. The van der Waals surface area contributed by atoms with E-state index in [2.05, 4.69) is 13.8 Å². The molecule has 0 radical (unpaired) electrons. The molecule has 0 aromatic heterocycles. The summed E-state index contributed by atoms with van der Waals surface area (Å²) >= 11 is 12.2. The fourth-order valence-electron chi connectivity index (χ4n) is 2.95. The van der Waals surface area contributed by atoms with E-state index in [0.29, 0.717) is 28.3 Å². The topological polar surface area (TPSA) is 20.2 Å². The fourth-order valence-corrected chi connectivity index (χ4v) is 3.33. The summed E-state index contributed by atoms with van der Waals surface area (Å²) in [5.74, 6) is 1.01. The van der Waals surface area contributed by atoms with Gasteiger partial charge >= 0.3 is 0 Å². The molecule has 1 aromatic carbocycles. The SMILES string of the molecule is CC1CCC(O)(Cc2cc(Cl)ccc2Cl)C(C)C1. The maximum Gasteiger partial charge on any atom is 0.0714 e. The van der Waals surface area contributed by atoms with E-state index in [1.807, 2.05) is 6.07 Å². The van der Waals surface area contributed by atoms with Crippen LogP contribution in [0.4, 0.5) is 0 Å². The van der Waals surface area contributed by atoms with Crippen LogP contribution in [0, 0.1) is 11.8 Å². The highest BCUT2D eigenvalue weighted by Gasteiger charge is 2.38. The number of rotatable bonds is 2. The predicted molar refractivity (Wildman–Crippen MR) is 77.3 cm³/mol. The monoisotopic (exact) mass is 286 g/mol. The second kappa shape index (κ2) is 5.40. The third kappa shape index (κ3) is 3.01. The minimum atomic E-state index is -0.638. The molecule has 1 N–H and O–H groups in total. The molecular formula is C15H20Cl2O. The van der Waals surface area contributed by atoms with E-state index in [1.165, 1.54) is 0 Å². The number of aliphatic hydroxyl groups is 1. The second-order valence-corrected chi connectivity index (χ2v) is 6.64. The van der Waals surface area contributed by atoms with Crippen molar-refractivity contribution >= 4 is 23.2 Å². The molecule has 2 rings (SSSR count). The van der Waals surface area contributed by atoms with Gasteiger partial charge in [0.1, 0.15) is 0 Å². The van der Waals surface area contributed by atoms with Crippen LogP contribution >= 0.6 is 23.2 Å². The van der Waals surface area contributed by atoms with Crippen LogP contribution in [-0.2, 0) is 6.42 Å². The van der Waals surface area contributed by atoms with E-state index >= 15 is 0 Å². The lowest BCUT2D eigenvalue weighted by molar-refractivity contribution is -0.0522. The summed E-state index contributed by atoms with van der Waals surface area (Å²) in [5.41, 5.74) is 0.314. The molecule has 0 aliphatic heterocycles. The van der Waals surface area contributed by atoms with E-state index in [-0.39, 0.29) is 0 Å². The zero-order valence-corrected chi connectivity index (χ0v) is 12.4. The zero-order valence-electron chi connectivity index (χ0n) is 10.9. The first-order valence-electron chi connectivity index (χ1n) is 6.57. The molecule has 0 heterocycles. The van der Waals surface area contributed by atoms with E-state index in [4.69, 9.17) is 23.2 Å². The summed E-state index contributed by atoms with van der Waals surface area (Å²) < 4.78 is 0. The minimum absolute atomic E-state index is 0.302. The normalized spacial score (nSPS) is 32.5. The Balaban J connectivity index is 2.19. The Morgan fingerprint density at radius 2 is 2.06 bits per heavy atom.